The number of benzene rings is 1. The first-order chi connectivity index (χ1) is 5.63. The van der Waals surface area contributed by atoms with Crippen LogP contribution in [0.4, 0.5) is 0 Å². The monoisotopic (exact) mass is 184 g/mol. The van der Waals surface area contributed by atoms with Crippen LogP contribution >= 0.6 is 8.03 Å². The van der Waals surface area contributed by atoms with Crippen molar-refractivity contribution in [2.24, 2.45) is 0 Å². The van der Waals surface area contributed by atoms with Crippen molar-refractivity contribution < 1.29 is 14.3 Å². The van der Waals surface area contributed by atoms with Crippen molar-refractivity contribution in [1.82, 2.24) is 0 Å². The average Bonchev–Trinajstić information content (AvgIpc) is 2.04. The van der Waals surface area contributed by atoms with E-state index in [9.17, 15) is 9.36 Å². The maximum absolute atomic E-state index is 10.9. The lowest BCUT2D eigenvalue weighted by Gasteiger charge is -2.00. The molecule has 1 atom stereocenters. The second kappa shape index (κ2) is 3.65. The van der Waals surface area contributed by atoms with Crippen LogP contribution in [0.3, 0.4) is 0 Å². The van der Waals surface area contributed by atoms with E-state index in [-0.39, 0.29) is 11.1 Å². The largest absolute Gasteiger partial charge is 0.343 e. The summed E-state index contributed by atoms with van der Waals surface area (Å²) in [4.78, 5) is 19.8. The number of Topliss-reactive ketones (excluding diaryl/α,β-unsaturated/α-hetero) is 1. The maximum atomic E-state index is 10.9. The third-order valence-electron chi connectivity index (χ3n) is 1.54. The first kappa shape index (κ1) is 9.17. The van der Waals surface area contributed by atoms with Crippen LogP contribution in [0.5, 0.6) is 0 Å². The molecule has 0 heterocycles. The lowest BCUT2D eigenvalue weighted by molar-refractivity contribution is 0.101. The van der Waals surface area contributed by atoms with Crippen molar-refractivity contribution in [1.29, 1.82) is 0 Å². The molecule has 0 bridgehead atoms. The molecule has 3 nitrogen and oxygen atoms in total. The number of ketones is 1. The van der Waals surface area contributed by atoms with Crippen molar-refractivity contribution >= 4 is 19.1 Å². The number of hydrogen-bond acceptors (Lipinski definition) is 2. The summed E-state index contributed by atoms with van der Waals surface area (Å²) < 4.78 is 10.8. The predicted octanol–water partition coefficient (Wildman–Crippen LogP) is 0.982. The van der Waals surface area contributed by atoms with Gasteiger partial charge in [-0.25, -0.2) is 0 Å². The molecule has 0 amide bonds. The summed E-state index contributed by atoms with van der Waals surface area (Å²) in [6.07, 6.45) is 0. The number of carbonyl (C=O) groups excluding carboxylic acids is 1. The van der Waals surface area contributed by atoms with E-state index in [1.54, 1.807) is 18.2 Å². The van der Waals surface area contributed by atoms with Gasteiger partial charge >= 0.3 is 0 Å². The lowest BCUT2D eigenvalue weighted by Crippen LogP contribution is -2.08. The molecule has 1 unspecified atom stereocenters. The van der Waals surface area contributed by atoms with E-state index in [0.717, 1.165) is 0 Å². The molecule has 0 saturated heterocycles. The van der Waals surface area contributed by atoms with Gasteiger partial charge < -0.3 is 4.89 Å². The van der Waals surface area contributed by atoms with Gasteiger partial charge in [0.15, 0.2) is 5.78 Å². The van der Waals surface area contributed by atoms with Crippen molar-refractivity contribution in [2.75, 3.05) is 0 Å². The highest BCUT2D eigenvalue weighted by Crippen LogP contribution is 2.15. The number of carbonyl (C=O) groups is 1. The molecule has 0 aliphatic heterocycles. The average molecular weight is 184 g/mol. The van der Waals surface area contributed by atoms with Gasteiger partial charge in [-0.05, 0) is 13.0 Å². The fraction of sp³-hybridized carbons (Fsp3) is 0.125. The van der Waals surface area contributed by atoms with Crippen molar-refractivity contribution in [2.45, 2.75) is 6.92 Å². The summed E-state index contributed by atoms with van der Waals surface area (Å²) in [5.41, 5.74) is 0.337. The molecule has 0 aromatic heterocycles. The Balaban J connectivity index is 3.27. The van der Waals surface area contributed by atoms with Crippen LogP contribution < -0.4 is 5.30 Å². The molecule has 0 aliphatic carbocycles. The van der Waals surface area contributed by atoms with E-state index in [0.29, 0.717) is 5.56 Å². The molecule has 0 radical (unpaired) electrons. The van der Waals surface area contributed by atoms with Crippen LogP contribution in [0.25, 0.3) is 0 Å². The molecule has 0 aliphatic rings. The minimum Gasteiger partial charge on any atom is -0.343 e. The van der Waals surface area contributed by atoms with E-state index in [1.807, 2.05) is 0 Å². The third kappa shape index (κ3) is 1.81. The van der Waals surface area contributed by atoms with E-state index in [2.05, 4.69) is 0 Å². The molecule has 0 spiro atoms. The Hall–Kier alpha value is -0.920. The van der Waals surface area contributed by atoms with Gasteiger partial charge in [0.1, 0.15) is 0 Å². The van der Waals surface area contributed by atoms with Crippen LogP contribution in [0.1, 0.15) is 17.3 Å². The van der Waals surface area contributed by atoms with Gasteiger partial charge in [-0.3, -0.25) is 9.36 Å². The SMILES string of the molecule is CC(=O)c1ccccc1[PH](=O)O. The van der Waals surface area contributed by atoms with Crippen LogP contribution in [0.2, 0.25) is 0 Å². The zero-order valence-electron chi connectivity index (χ0n) is 6.57. The highest BCUT2D eigenvalue weighted by Gasteiger charge is 2.08. The van der Waals surface area contributed by atoms with Gasteiger partial charge in [0.05, 0.1) is 0 Å². The van der Waals surface area contributed by atoms with E-state index >= 15 is 0 Å². The molecule has 4 heteroatoms. The molecule has 64 valence electrons. The van der Waals surface area contributed by atoms with E-state index in [1.165, 1.54) is 13.0 Å². The smallest absolute Gasteiger partial charge is 0.218 e. The molecule has 1 N–H and O–H groups in total. The second-order valence-corrected chi connectivity index (χ2v) is 3.56. The summed E-state index contributed by atoms with van der Waals surface area (Å²) >= 11 is 0. The molecule has 1 aromatic carbocycles. The Morgan fingerprint density at radius 3 is 2.42 bits per heavy atom. The Kier molecular flexibility index (Phi) is 2.79. The van der Waals surface area contributed by atoms with E-state index in [4.69, 9.17) is 4.89 Å². The van der Waals surface area contributed by atoms with E-state index < -0.39 is 8.03 Å². The Morgan fingerprint density at radius 1 is 1.42 bits per heavy atom. The predicted molar refractivity (Wildman–Crippen MR) is 47.3 cm³/mol. The quantitative estimate of drug-likeness (QED) is 0.550. The molecule has 1 rings (SSSR count). The summed E-state index contributed by atoms with van der Waals surface area (Å²) in [5, 5.41) is 0.245. The van der Waals surface area contributed by atoms with Gasteiger partial charge in [0, 0.05) is 10.9 Å². The summed E-state index contributed by atoms with van der Waals surface area (Å²) in [6.45, 7) is 1.38. The number of hydrogen-bond donors (Lipinski definition) is 1. The highest BCUT2D eigenvalue weighted by atomic mass is 31.1. The zero-order valence-corrected chi connectivity index (χ0v) is 7.57. The van der Waals surface area contributed by atoms with Crippen molar-refractivity contribution in [3.05, 3.63) is 29.8 Å². The molecular weight excluding hydrogens is 175 g/mol. The lowest BCUT2D eigenvalue weighted by atomic mass is 10.1. The summed E-state index contributed by atoms with van der Waals surface area (Å²) in [7, 11) is -2.76. The van der Waals surface area contributed by atoms with Crippen LogP contribution in [0, 0.1) is 0 Å². The molecule has 1 aromatic rings. The fourth-order valence-electron chi connectivity index (χ4n) is 0.977. The highest BCUT2D eigenvalue weighted by molar-refractivity contribution is 7.47. The third-order valence-corrected chi connectivity index (χ3v) is 2.43. The normalized spacial score (nSPS) is 12.5. The zero-order chi connectivity index (χ0) is 9.14. The van der Waals surface area contributed by atoms with Gasteiger partial charge in [-0.2, -0.15) is 0 Å². The van der Waals surface area contributed by atoms with Gasteiger partial charge in [0.2, 0.25) is 8.03 Å². The summed E-state index contributed by atoms with van der Waals surface area (Å²) in [5.74, 6) is -0.182. The molecular formula is C8H9O3P. The molecule has 0 fully saturated rings. The summed E-state index contributed by atoms with van der Waals surface area (Å²) in [6, 6.07) is 6.36. The maximum Gasteiger partial charge on any atom is 0.218 e. The Labute approximate surface area is 70.9 Å². The molecule has 0 saturated carbocycles. The van der Waals surface area contributed by atoms with Crippen LogP contribution in [-0.4, -0.2) is 10.7 Å². The Bertz CT molecular complexity index is 300. The van der Waals surface area contributed by atoms with Gasteiger partial charge in [0.25, 0.3) is 0 Å². The van der Waals surface area contributed by atoms with Crippen LogP contribution in [-0.2, 0) is 4.57 Å². The van der Waals surface area contributed by atoms with Gasteiger partial charge in [-0.15, -0.1) is 0 Å². The van der Waals surface area contributed by atoms with Crippen molar-refractivity contribution in [3.63, 3.8) is 0 Å². The first-order valence-corrected chi connectivity index (χ1v) is 4.81. The molecule has 12 heavy (non-hydrogen) atoms. The second-order valence-electron chi connectivity index (χ2n) is 2.41. The fourth-order valence-corrected chi connectivity index (χ4v) is 1.71. The minimum atomic E-state index is -2.76. The number of rotatable bonds is 2. The Morgan fingerprint density at radius 2 is 2.00 bits per heavy atom. The topological polar surface area (TPSA) is 54.4 Å². The standard InChI is InChI=1S/C8H9O3P/c1-6(9)7-4-2-3-5-8(7)12(10)11/h2-5,12H,1H3,(H,10,11). The van der Waals surface area contributed by atoms with Gasteiger partial charge in [-0.1, -0.05) is 18.2 Å². The van der Waals surface area contributed by atoms with Crippen molar-refractivity contribution in [3.8, 4) is 0 Å². The minimum absolute atomic E-state index is 0.182. The van der Waals surface area contributed by atoms with Crippen LogP contribution in [0.15, 0.2) is 24.3 Å². The first-order valence-electron chi connectivity index (χ1n) is 3.46.